The molecule has 8 heteroatoms. The lowest BCUT2D eigenvalue weighted by Gasteiger charge is -2.10. The molecule has 29 heavy (non-hydrogen) atoms. The Labute approximate surface area is 171 Å². The number of esters is 1. The number of carbonyl (C=O) groups excluding carboxylic acids is 2. The fourth-order valence-electron chi connectivity index (χ4n) is 2.67. The molecule has 0 aromatic heterocycles. The van der Waals surface area contributed by atoms with E-state index in [4.69, 9.17) is 9.47 Å². The molecule has 0 atom stereocenters. The molecule has 2 aromatic carbocycles. The molecule has 0 saturated carbocycles. The van der Waals surface area contributed by atoms with Crippen LogP contribution in [0.2, 0.25) is 0 Å². The van der Waals surface area contributed by atoms with Gasteiger partial charge in [0.05, 0.1) is 17.9 Å². The van der Waals surface area contributed by atoms with Crippen molar-refractivity contribution in [3.05, 3.63) is 59.2 Å². The van der Waals surface area contributed by atoms with Crippen molar-refractivity contribution < 1.29 is 27.5 Å². The summed E-state index contributed by atoms with van der Waals surface area (Å²) in [7, 11) is -3.72. The van der Waals surface area contributed by atoms with Crippen LogP contribution in [0.3, 0.4) is 0 Å². The minimum atomic E-state index is -3.72. The van der Waals surface area contributed by atoms with Crippen molar-refractivity contribution in [2.24, 2.45) is 0 Å². The topological polar surface area (TPSA) is 98.8 Å². The van der Waals surface area contributed by atoms with Crippen LogP contribution in [0.4, 0.5) is 0 Å². The fourth-order valence-corrected chi connectivity index (χ4v) is 3.93. The molecule has 0 fully saturated rings. The van der Waals surface area contributed by atoms with Gasteiger partial charge < -0.3 is 9.47 Å². The first kappa shape index (κ1) is 22.6. The Kier molecular flexibility index (Phi) is 7.92. The lowest BCUT2D eigenvalue weighted by atomic mass is 10.1. The number of rotatable bonds is 10. The molecule has 0 bridgehead atoms. The minimum Gasteiger partial charge on any atom is -0.494 e. The van der Waals surface area contributed by atoms with Gasteiger partial charge in [-0.05, 0) is 56.7 Å². The SMILES string of the molecule is CCOc1ccc(C(=O)COC(=O)CCNS(=O)(=O)c2ccc(C)cc2C)cc1. The zero-order valence-corrected chi connectivity index (χ0v) is 17.5. The fraction of sp³-hybridized carbons (Fsp3) is 0.333. The molecule has 0 spiro atoms. The Balaban J connectivity index is 1.80. The number of aryl methyl sites for hydroxylation is 2. The second-order valence-electron chi connectivity index (χ2n) is 6.46. The number of ketones is 1. The number of hydrogen-bond donors (Lipinski definition) is 1. The van der Waals surface area contributed by atoms with E-state index in [1.54, 1.807) is 43.3 Å². The number of benzene rings is 2. The monoisotopic (exact) mass is 419 g/mol. The molecule has 0 aliphatic carbocycles. The Morgan fingerprint density at radius 3 is 2.34 bits per heavy atom. The van der Waals surface area contributed by atoms with Gasteiger partial charge in [-0.3, -0.25) is 9.59 Å². The Hall–Kier alpha value is -2.71. The summed E-state index contributed by atoms with van der Waals surface area (Å²) in [5, 5.41) is 0. The molecule has 0 heterocycles. The van der Waals surface area contributed by atoms with E-state index in [2.05, 4.69) is 4.72 Å². The first-order valence-electron chi connectivity index (χ1n) is 9.21. The summed E-state index contributed by atoms with van der Waals surface area (Å²) in [6.07, 6.45) is -0.180. The number of sulfonamides is 1. The van der Waals surface area contributed by atoms with Crippen LogP contribution in [0.25, 0.3) is 0 Å². The van der Waals surface area contributed by atoms with E-state index in [-0.39, 0.29) is 23.6 Å². The molecule has 0 amide bonds. The summed E-state index contributed by atoms with van der Waals surface area (Å²) >= 11 is 0. The van der Waals surface area contributed by atoms with Crippen molar-refractivity contribution in [1.82, 2.24) is 4.72 Å². The molecular formula is C21H25NO6S. The highest BCUT2D eigenvalue weighted by molar-refractivity contribution is 7.89. The standard InChI is InChI=1S/C21H25NO6S/c1-4-27-18-8-6-17(7-9-18)19(23)14-28-21(24)11-12-22-29(25,26)20-10-5-15(2)13-16(20)3/h5-10,13,22H,4,11-12,14H2,1-3H3. The highest BCUT2D eigenvalue weighted by atomic mass is 32.2. The van der Waals surface area contributed by atoms with Crippen LogP contribution in [0.1, 0.15) is 34.8 Å². The van der Waals surface area contributed by atoms with Crippen molar-refractivity contribution in [3.8, 4) is 5.75 Å². The van der Waals surface area contributed by atoms with Crippen molar-refractivity contribution >= 4 is 21.8 Å². The molecular weight excluding hydrogens is 394 g/mol. The van der Waals surface area contributed by atoms with E-state index in [0.29, 0.717) is 23.5 Å². The predicted molar refractivity (Wildman–Crippen MR) is 109 cm³/mol. The summed E-state index contributed by atoms with van der Waals surface area (Å²) in [6, 6.07) is 11.5. The van der Waals surface area contributed by atoms with Gasteiger partial charge in [-0.15, -0.1) is 0 Å². The minimum absolute atomic E-state index is 0.119. The molecule has 0 saturated heterocycles. The van der Waals surface area contributed by atoms with Gasteiger partial charge in [0.1, 0.15) is 5.75 Å². The maximum atomic E-state index is 12.3. The maximum absolute atomic E-state index is 12.3. The molecule has 1 N–H and O–H groups in total. The van der Waals surface area contributed by atoms with Crippen LogP contribution >= 0.6 is 0 Å². The summed E-state index contributed by atoms with van der Waals surface area (Å²) in [5.74, 6) is -0.359. The first-order chi connectivity index (χ1) is 13.7. The Bertz CT molecular complexity index is 967. The van der Waals surface area contributed by atoms with Crippen LogP contribution in [0.15, 0.2) is 47.4 Å². The molecule has 0 aliphatic heterocycles. The molecule has 0 unspecified atom stereocenters. The molecule has 0 radical (unpaired) electrons. The summed E-state index contributed by atoms with van der Waals surface area (Å²) < 4.78 is 37.3. The van der Waals surface area contributed by atoms with Crippen molar-refractivity contribution in [3.63, 3.8) is 0 Å². The highest BCUT2D eigenvalue weighted by Crippen LogP contribution is 2.16. The van der Waals surface area contributed by atoms with Gasteiger partial charge in [-0.2, -0.15) is 0 Å². The zero-order chi connectivity index (χ0) is 21.4. The van der Waals surface area contributed by atoms with Gasteiger partial charge >= 0.3 is 5.97 Å². The van der Waals surface area contributed by atoms with Crippen LogP contribution < -0.4 is 9.46 Å². The van der Waals surface area contributed by atoms with Crippen molar-refractivity contribution in [2.45, 2.75) is 32.1 Å². The molecule has 2 rings (SSSR count). The Morgan fingerprint density at radius 1 is 1.03 bits per heavy atom. The van der Waals surface area contributed by atoms with Crippen molar-refractivity contribution in [2.75, 3.05) is 19.8 Å². The molecule has 156 valence electrons. The third-order valence-corrected chi connectivity index (χ3v) is 5.71. The second-order valence-corrected chi connectivity index (χ2v) is 8.19. The molecule has 7 nitrogen and oxygen atoms in total. The number of hydrogen-bond acceptors (Lipinski definition) is 6. The van der Waals surface area contributed by atoms with Gasteiger partial charge in [0.2, 0.25) is 10.0 Å². The van der Waals surface area contributed by atoms with Gasteiger partial charge in [-0.1, -0.05) is 17.7 Å². The van der Waals surface area contributed by atoms with Crippen LogP contribution in [-0.4, -0.2) is 39.9 Å². The molecule has 2 aromatic rings. The van der Waals surface area contributed by atoms with Gasteiger partial charge in [0, 0.05) is 12.1 Å². The quantitative estimate of drug-likeness (QED) is 0.470. The average Bonchev–Trinajstić information content (AvgIpc) is 2.66. The van der Waals surface area contributed by atoms with E-state index in [9.17, 15) is 18.0 Å². The third-order valence-electron chi connectivity index (χ3n) is 4.09. The van der Waals surface area contributed by atoms with E-state index < -0.39 is 22.6 Å². The van der Waals surface area contributed by atoms with E-state index in [1.807, 2.05) is 13.8 Å². The van der Waals surface area contributed by atoms with E-state index >= 15 is 0 Å². The number of Topliss-reactive ketones (excluding diaryl/α,β-unsaturated/α-hetero) is 1. The van der Waals surface area contributed by atoms with Crippen LogP contribution in [0, 0.1) is 13.8 Å². The second kappa shape index (κ2) is 10.2. The third kappa shape index (κ3) is 6.69. The smallest absolute Gasteiger partial charge is 0.307 e. The molecule has 0 aliphatic rings. The van der Waals surface area contributed by atoms with Gasteiger partial charge in [0.15, 0.2) is 12.4 Å². The van der Waals surface area contributed by atoms with Crippen molar-refractivity contribution in [1.29, 1.82) is 0 Å². The largest absolute Gasteiger partial charge is 0.494 e. The summed E-state index contributed by atoms with van der Waals surface area (Å²) in [4.78, 5) is 24.1. The van der Waals surface area contributed by atoms with Crippen LogP contribution in [-0.2, 0) is 19.6 Å². The number of nitrogens with one attached hydrogen (secondary N) is 1. The van der Waals surface area contributed by atoms with Gasteiger partial charge in [0.25, 0.3) is 0 Å². The number of ether oxygens (including phenoxy) is 2. The van der Waals surface area contributed by atoms with E-state index in [0.717, 1.165) is 5.56 Å². The zero-order valence-electron chi connectivity index (χ0n) is 16.7. The number of carbonyl (C=O) groups is 2. The lowest BCUT2D eigenvalue weighted by Crippen LogP contribution is -2.27. The van der Waals surface area contributed by atoms with Crippen LogP contribution in [0.5, 0.6) is 5.75 Å². The summed E-state index contributed by atoms with van der Waals surface area (Å²) in [5.41, 5.74) is 1.99. The van der Waals surface area contributed by atoms with E-state index in [1.165, 1.54) is 6.07 Å². The predicted octanol–water partition coefficient (Wildman–Crippen LogP) is 2.80. The normalized spacial score (nSPS) is 11.1. The Morgan fingerprint density at radius 2 is 1.72 bits per heavy atom. The summed E-state index contributed by atoms with van der Waals surface area (Å²) in [6.45, 7) is 5.45. The van der Waals surface area contributed by atoms with Gasteiger partial charge in [-0.25, -0.2) is 13.1 Å². The average molecular weight is 419 g/mol. The highest BCUT2D eigenvalue weighted by Gasteiger charge is 2.17. The first-order valence-corrected chi connectivity index (χ1v) is 10.7. The lowest BCUT2D eigenvalue weighted by molar-refractivity contribution is -0.142. The maximum Gasteiger partial charge on any atom is 0.307 e.